The standard InChI is InChI=1S/C12H8ClFN4O2/c13-9-5-7(14)1-2-8(9)11(19)17-18-12(20)10-6-15-3-4-16-10/h1-6H,(H,17,19)(H,18,20). The van der Waals surface area contributed by atoms with Crippen LogP contribution in [0.25, 0.3) is 0 Å². The van der Waals surface area contributed by atoms with Gasteiger partial charge >= 0.3 is 0 Å². The van der Waals surface area contributed by atoms with Crippen LogP contribution in [0.2, 0.25) is 5.02 Å². The summed E-state index contributed by atoms with van der Waals surface area (Å²) >= 11 is 5.72. The molecule has 8 heteroatoms. The molecule has 102 valence electrons. The lowest BCUT2D eigenvalue weighted by Gasteiger charge is -2.07. The molecule has 6 nitrogen and oxygen atoms in total. The zero-order valence-electron chi connectivity index (χ0n) is 9.93. The van der Waals surface area contributed by atoms with Crippen LogP contribution in [0.4, 0.5) is 4.39 Å². The maximum Gasteiger partial charge on any atom is 0.289 e. The van der Waals surface area contributed by atoms with Crippen molar-refractivity contribution in [3.8, 4) is 0 Å². The molecule has 0 spiro atoms. The fourth-order valence-electron chi connectivity index (χ4n) is 1.33. The van der Waals surface area contributed by atoms with E-state index in [2.05, 4.69) is 20.8 Å². The van der Waals surface area contributed by atoms with E-state index in [4.69, 9.17) is 11.6 Å². The topological polar surface area (TPSA) is 84.0 Å². The third kappa shape index (κ3) is 3.27. The number of rotatable bonds is 2. The Morgan fingerprint density at radius 1 is 1.15 bits per heavy atom. The molecular weight excluding hydrogens is 287 g/mol. The molecular formula is C12H8ClFN4O2. The molecule has 20 heavy (non-hydrogen) atoms. The molecule has 0 saturated heterocycles. The minimum absolute atomic E-state index is 0.0347. The zero-order valence-corrected chi connectivity index (χ0v) is 10.7. The predicted molar refractivity (Wildman–Crippen MR) is 68.4 cm³/mol. The van der Waals surface area contributed by atoms with E-state index >= 15 is 0 Å². The van der Waals surface area contributed by atoms with E-state index in [-0.39, 0.29) is 16.3 Å². The van der Waals surface area contributed by atoms with E-state index in [0.717, 1.165) is 12.1 Å². The van der Waals surface area contributed by atoms with Gasteiger partial charge in [-0.3, -0.25) is 25.4 Å². The highest BCUT2D eigenvalue weighted by Crippen LogP contribution is 2.16. The van der Waals surface area contributed by atoms with Gasteiger partial charge in [0.25, 0.3) is 11.8 Å². The summed E-state index contributed by atoms with van der Waals surface area (Å²) in [6.07, 6.45) is 3.99. The number of aromatic nitrogens is 2. The number of amides is 2. The van der Waals surface area contributed by atoms with Gasteiger partial charge in [0.1, 0.15) is 11.5 Å². The van der Waals surface area contributed by atoms with E-state index in [0.29, 0.717) is 0 Å². The molecule has 1 aromatic carbocycles. The van der Waals surface area contributed by atoms with Crippen molar-refractivity contribution in [3.63, 3.8) is 0 Å². The van der Waals surface area contributed by atoms with Crippen molar-refractivity contribution in [1.29, 1.82) is 0 Å². The number of hydrogen-bond acceptors (Lipinski definition) is 4. The summed E-state index contributed by atoms with van der Waals surface area (Å²) in [6.45, 7) is 0. The van der Waals surface area contributed by atoms with Crippen LogP contribution in [0.3, 0.4) is 0 Å². The number of nitrogens with one attached hydrogen (secondary N) is 2. The summed E-state index contributed by atoms with van der Waals surface area (Å²) in [4.78, 5) is 30.8. The largest absolute Gasteiger partial charge is 0.289 e. The molecule has 0 aliphatic rings. The third-order valence-electron chi connectivity index (χ3n) is 2.26. The van der Waals surface area contributed by atoms with Crippen LogP contribution in [0.5, 0.6) is 0 Å². The summed E-state index contributed by atoms with van der Waals surface area (Å²) in [5.41, 5.74) is 4.36. The van der Waals surface area contributed by atoms with Crippen molar-refractivity contribution >= 4 is 23.4 Å². The second-order valence-electron chi connectivity index (χ2n) is 3.62. The number of hydrazine groups is 1. The normalized spacial score (nSPS) is 9.90. The molecule has 2 rings (SSSR count). The number of carbonyl (C=O) groups is 2. The number of carbonyl (C=O) groups excluding carboxylic acids is 2. The summed E-state index contributed by atoms with van der Waals surface area (Å²) in [6, 6.07) is 3.30. The van der Waals surface area contributed by atoms with Crippen molar-refractivity contribution in [2.75, 3.05) is 0 Å². The highest BCUT2D eigenvalue weighted by Gasteiger charge is 2.13. The Balaban J connectivity index is 2.00. The minimum Gasteiger partial charge on any atom is -0.267 e. The lowest BCUT2D eigenvalue weighted by Crippen LogP contribution is -2.42. The molecule has 1 heterocycles. The first-order chi connectivity index (χ1) is 9.58. The van der Waals surface area contributed by atoms with Crippen molar-refractivity contribution in [1.82, 2.24) is 20.8 Å². The molecule has 0 bridgehead atoms. The van der Waals surface area contributed by atoms with Gasteiger partial charge in [-0.15, -0.1) is 0 Å². The molecule has 0 unspecified atom stereocenters. The first-order valence-corrected chi connectivity index (χ1v) is 5.77. The zero-order chi connectivity index (χ0) is 14.5. The van der Waals surface area contributed by atoms with Gasteiger partial charge < -0.3 is 0 Å². The molecule has 0 saturated carbocycles. The molecule has 0 radical (unpaired) electrons. The van der Waals surface area contributed by atoms with E-state index < -0.39 is 17.6 Å². The van der Waals surface area contributed by atoms with Crippen LogP contribution in [-0.2, 0) is 0 Å². The van der Waals surface area contributed by atoms with Gasteiger partial charge in [0.05, 0.1) is 16.8 Å². The Bertz CT molecular complexity index is 651. The molecule has 2 N–H and O–H groups in total. The fraction of sp³-hybridized carbons (Fsp3) is 0. The summed E-state index contributed by atoms with van der Waals surface area (Å²) in [7, 11) is 0. The van der Waals surface area contributed by atoms with E-state index in [1.165, 1.54) is 24.7 Å². The molecule has 1 aromatic heterocycles. The van der Waals surface area contributed by atoms with Gasteiger partial charge in [-0.05, 0) is 18.2 Å². The number of nitrogens with zero attached hydrogens (tertiary/aromatic N) is 2. The van der Waals surface area contributed by atoms with Crippen molar-refractivity contribution in [2.24, 2.45) is 0 Å². The smallest absolute Gasteiger partial charge is 0.267 e. The molecule has 0 aliphatic heterocycles. The van der Waals surface area contributed by atoms with Gasteiger partial charge in [-0.1, -0.05) is 11.6 Å². The van der Waals surface area contributed by atoms with Crippen LogP contribution < -0.4 is 10.9 Å². The van der Waals surface area contributed by atoms with Gasteiger partial charge in [0, 0.05) is 12.4 Å². The van der Waals surface area contributed by atoms with Gasteiger partial charge in [0.15, 0.2) is 0 Å². The lowest BCUT2D eigenvalue weighted by atomic mass is 10.2. The van der Waals surface area contributed by atoms with Crippen molar-refractivity contribution < 1.29 is 14.0 Å². The van der Waals surface area contributed by atoms with Crippen LogP contribution >= 0.6 is 11.6 Å². The Hall–Kier alpha value is -2.54. The van der Waals surface area contributed by atoms with E-state index in [1.807, 2.05) is 0 Å². The van der Waals surface area contributed by atoms with Gasteiger partial charge in [-0.25, -0.2) is 9.37 Å². The van der Waals surface area contributed by atoms with Crippen molar-refractivity contribution in [3.05, 3.63) is 58.9 Å². The SMILES string of the molecule is O=C(NNC(=O)c1ccc(F)cc1Cl)c1cnccn1. The second-order valence-corrected chi connectivity index (χ2v) is 4.03. The van der Waals surface area contributed by atoms with Crippen LogP contribution in [0, 0.1) is 5.82 Å². The molecule has 0 fully saturated rings. The van der Waals surface area contributed by atoms with Gasteiger partial charge in [0.2, 0.25) is 0 Å². The fourth-order valence-corrected chi connectivity index (χ4v) is 1.59. The number of benzene rings is 1. The Kier molecular flexibility index (Phi) is 4.21. The predicted octanol–water partition coefficient (Wildman–Crippen LogP) is 1.34. The maximum atomic E-state index is 12.8. The van der Waals surface area contributed by atoms with E-state index in [9.17, 15) is 14.0 Å². The van der Waals surface area contributed by atoms with Crippen molar-refractivity contribution in [2.45, 2.75) is 0 Å². The highest BCUT2D eigenvalue weighted by atomic mass is 35.5. The number of hydrogen-bond donors (Lipinski definition) is 2. The first kappa shape index (κ1) is 13.9. The average molecular weight is 295 g/mol. The maximum absolute atomic E-state index is 12.8. The third-order valence-corrected chi connectivity index (χ3v) is 2.57. The molecule has 0 aliphatic carbocycles. The summed E-state index contributed by atoms with van der Waals surface area (Å²) in [5.74, 6) is -1.87. The minimum atomic E-state index is -0.674. The molecule has 2 amide bonds. The Labute approximate surface area is 118 Å². The quantitative estimate of drug-likeness (QED) is 0.819. The average Bonchev–Trinajstić information content (AvgIpc) is 2.45. The number of halogens is 2. The van der Waals surface area contributed by atoms with Gasteiger partial charge in [-0.2, -0.15) is 0 Å². The van der Waals surface area contributed by atoms with Crippen LogP contribution in [0.15, 0.2) is 36.8 Å². The Morgan fingerprint density at radius 3 is 2.55 bits per heavy atom. The first-order valence-electron chi connectivity index (χ1n) is 5.39. The summed E-state index contributed by atoms with van der Waals surface area (Å²) < 4.78 is 12.8. The lowest BCUT2D eigenvalue weighted by molar-refractivity contribution is 0.0843. The monoisotopic (exact) mass is 294 g/mol. The summed E-state index contributed by atoms with van der Waals surface area (Å²) in [5, 5.41) is -0.0590. The Morgan fingerprint density at radius 2 is 1.90 bits per heavy atom. The van der Waals surface area contributed by atoms with Crippen LogP contribution in [-0.4, -0.2) is 21.8 Å². The van der Waals surface area contributed by atoms with Crippen LogP contribution in [0.1, 0.15) is 20.8 Å². The highest BCUT2D eigenvalue weighted by molar-refractivity contribution is 6.33. The van der Waals surface area contributed by atoms with E-state index in [1.54, 1.807) is 0 Å². The molecule has 0 atom stereocenters. The second kappa shape index (κ2) is 6.07. The molecule has 2 aromatic rings.